The Labute approximate surface area is 74.2 Å². The van der Waals surface area contributed by atoms with Crippen LogP contribution in [0.15, 0.2) is 33.9 Å². The Morgan fingerprint density at radius 1 is 1.50 bits per heavy atom. The van der Waals surface area contributed by atoms with E-state index in [-0.39, 0.29) is 11.8 Å². The number of nitrogens with zero attached hydrogens (tertiary/aromatic N) is 2. The number of dihydropyridines is 2. The van der Waals surface area contributed by atoms with Crippen molar-refractivity contribution in [1.82, 2.24) is 0 Å². The van der Waals surface area contributed by atoms with Crippen LogP contribution in [-0.4, -0.2) is 17.3 Å². The van der Waals surface area contributed by atoms with Gasteiger partial charge in [-0.3, -0.25) is 4.79 Å². The summed E-state index contributed by atoms with van der Waals surface area (Å²) in [5, 5.41) is 0.403. The lowest BCUT2D eigenvalue weighted by Gasteiger charge is -2.15. The third-order valence-electron chi connectivity index (χ3n) is 1.69. The molecule has 12 heavy (non-hydrogen) atoms. The van der Waals surface area contributed by atoms with Crippen molar-refractivity contribution in [2.24, 2.45) is 15.9 Å². The van der Waals surface area contributed by atoms with Gasteiger partial charge in [0, 0.05) is 6.21 Å². The van der Waals surface area contributed by atoms with Gasteiger partial charge in [-0.2, -0.15) is 0 Å². The van der Waals surface area contributed by atoms with Crippen molar-refractivity contribution in [3.05, 3.63) is 23.9 Å². The number of carbonyl (C=O) groups excluding carboxylic acids is 1. The van der Waals surface area contributed by atoms with E-state index in [1.807, 2.05) is 0 Å². The smallest absolute Gasteiger partial charge is 0.258 e. The van der Waals surface area contributed by atoms with E-state index in [1.54, 1.807) is 18.2 Å². The van der Waals surface area contributed by atoms with Gasteiger partial charge in [-0.25, -0.2) is 9.98 Å². The van der Waals surface area contributed by atoms with Crippen molar-refractivity contribution in [2.75, 3.05) is 0 Å². The molecule has 2 aliphatic heterocycles. The minimum absolute atomic E-state index is 0.184. The zero-order valence-electron chi connectivity index (χ0n) is 6.07. The maximum atomic E-state index is 11.1. The Morgan fingerprint density at radius 3 is 3.17 bits per heavy atom. The number of rotatable bonds is 0. The van der Waals surface area contributed by atoms with Gasteiger partial charge in [0.05, 0.1) is 5.70 Å². The molecule has 0 aliphatic carbocycles. The third-order valence-corrected chi connectivity index (χ3v) is 1.90. The van der Waals surface area contributed by atoms with Gasteiger partial charge >= 0.3 is 0 Å². The number of hydrogen-bond acceptors (Lipinski definition) is 2. The van der Waals surface area contributed by atoms with Crippen molar-refractivity contribution >= 4 is 28.9 Å². The monoisotopic (exact) mass is 180 g/mol. The Kier molecular flexibility index (Phi) is 1.66. The fraction of sp³-hybridized carbons (Fsp3) is 0.125. The summed E-state index contributed by atoms with van der Waals surface area (Å²) in [7, 11) is 0. The molecule has 1 amide bonds. The van der Waals surface area contributed by atoms with Crippen molar-refractivity contribution in [1.29, 1.82) is 0 Å². The van der Waals surface area contributed by atoms with E-state index in [1.165, 1.54) is 6.21 Å². The molecule has 0 aromatic rings. The van der Waals surface area contributed by atoms with Crippen LogP contribution in [0.4, 0.5) is 0 Å². The minimum atomic E-state index is -0.322. The molecule has 2 heterocycles. The lowest BCUT2D eigenvalue weighted by atomic mass is 10.0. The lowest BCUT2D eigenvalue weighted by Crippen LogP contribution is -2.18. The number of allylic oxidation sites excluding steroid dienone is 2. The summed E-state index contributed by atoms with van der Waals surface area (Å²) in [4.78, 5) is 18.8. The van der Waals surface area contributed by atoms with Gasteiger partial charge < -0.3 is 0 Å². The van der Waals surface area contributed by atoms with E-state index in [0.717, 1.165) is 0 Å². The standard InChI is InChI=1S/C8H5ClN2O/c9-7-2-1-5-6(11-7)3-4-10-8(5)12/h1-5H. The Bertz CT molecular complexity index is 352. The number of aliphatic imine (C=N–C) groups is 2. The molecule has 0 fully saturated rings. The lowest BCUT2D eigenvalue weighted by molar-refractivity contribution is -0.119. The number of carbonyl (C=O) groups is 1. The number of fused-ring (bicyclic) bond motifs is 1. The first-order chi connectivity index (χ1) is 5.77. The highest BCUT2D eigenvalue weighted by Crippen LogP contribution is 2.23. The van der Waals surface area contributed by atoms with Crippen LogP contribution >= 0.6 is 11.6 Å². The van der Waals surface area contributed by atoms with Crippen molar-refractivity contribution < 1.29 is 4.79 Å². The van der Waals surface area contributed by atoms with Crippen LogP contribution in [0.3, 0.4) is 0 Å². The summed E-state index contributed by atoms with van der Waals surface area (Å²) in [6, 6.07) is 0. The highest BCUT2D eigenvalue weighted by Gasteiger charge is 2.23. The van der Waals surface area contributed by atoms with Crippen LogP contribution < -0.4 is 0 Å². The van der Waals surface area contributed by atoms with Gasteiger partial charge in [-0.1, -0.05) is 17.7 Å². The first-order valence-corrected chi connectivity index (χ1v) is 3.85. The number of amides is 1. The molecule has 0 saturated heterocycles. The van der Waals surface area contributed by atoms with Crippen molar-refractivity contribution in [3.8, 4) is 0 Å². The van der Waals surface area contributed by atoms with Crippen LogP contribution in [0, 0.1) is 5.92 Å². The van der Waals surface area contributed by atoms with Crippen LogP contribution in [0.1, 0.15) is 0 Å². The highest BCUT2D eigenvalue weighted by molar-refractivity contribution is 6.68. The normalized spacial score (nSPS) is 26.4. The second-order valence-corrected chi connectivity index (χ2v) is 2.87. The van der Waals surface area contributed by atoms with Gasteiger partial charge in [-0.15, -0.1) is 0 Å². The molecule has 2 aliphatic rings. The fourth-order valence-corrected chi connectivity index (χ4v) is 1.29. The summed E-state index contributed by atoms with van der Waals surface area (Å²) in [6.07, 6.45) is 6.46. The molecule has 0 aromatic heterocycles. The van der Waals surface area contributed by atoms with Crippen LogP contribution in [0.25, 0.3) is 0 Å². The summed E-state index contributed by atoms with van der Waals surface area (Å²) in [6.45, 7) is 0. The van der Waals surface area contributed by atoms with Gasteiger partial charge in [0.2, 0.25) is 0 Å². The minimum Gasteiger partial charge on any atom is -0.271 e. The molecule has 1 atom stereocenters. The van der Waals surface area contributed by atoms with Gasteiger partial charge in [0.15, 0.2) is 0 Å². The summed E-state index contributed by atoms with van der Waals surface area (Å²) in [5.41, 5.74) is 0.669. The van der Waals surface area contributed by atoms with Crippen molar-refractivity contribution in [2.45, 2.75) is 0 Å². The highest BCUT2D eigenvalue weighted by atomic mass is 35.5. The molecule has 0 bridgehead atoms. The maximum Gasteiger partial charge on any atom is 0.258 e. The van der Waals surface area contributed by atoms with E-state index in [2.05, 4.69) is 9.98 Å². The summed E-state index contributed by atoms with van der Waals surface area (Å²) >= 11 is 5.65. The molecule has 60 valence electrons. The largest absolute Gasteiger partial charge is 0.271 e. The zero-order valence-corrected chi connectivity index (χ0v) is 6.82. The number of halogens is 1. The van der Waals surface area contributed by atoms with E-state index in [9.17, 15) is 4.79 Å². The first-order valence-electron chi connectivity index (χ1n) is 3.48. The summed E-state index contributed by atoms with van der Waals surface area (Å²) < 4.78 is 0. The molecular formula is C8H5ClN2O. The van der Waals surface area contributed by atoms with E-state index < -0.39 is 0 Å². The molecular weight excluding hydrogens is 176 g/mol. The fourth-order valence-electron chi connectivity index (χ4n) is 1.12. The molecule has 0 saturated carbocycles. The zero-order chi connectivity index (χ0) is 8.55. The van der Waals surface area contributed by atoms with E-state index >= 15 is 0 Å². The second-order valence-electron chi connectivity index (χ2n) is 2.48. The quantitative estimate of drug-likeness (QED) is 0.554. The molecule has 4 heteroatoms. The molecule has 0 spiro atoms. The van der Waals surface area contributed by atoms with Crippen LogP contribution in [0.5, 0.6) is 0 Å². The summed E-state index contributed by atoms with van der Waals surface area (Å²) in [5.74, 6) is -0.505. The first kappa shape index (κ1) is 7.43. The average molecular weight is 181 g/mol. The van der Waals surface area contributed by atoms with E-state index in [4.69, 9.17) is 11.6 Å². The Hall–Kier alpha value is -1.22. The Morgan fingerprint density at radius 2 is 2.33 bits per heavy atom. The predicted molar refractivity (Wildman–Crippen MR) is 47.5 cm³/mol. The molecule has 2 rings (SSSR count). The van der Waals surface area contributed by atoms with E-state index in [0.29, 0.717) is 10.9 Å². The Balaban J connectivity index is 2.43. The predicted octanol–water partition coefficient (Wildman–Crippen LogP) is 1.30. The maximum absolute atomic E-state index is 11.1. The SMILES string of the molecule is O=C1N=CC=C2N=C(Cl)C=CC12. The molecule has 0 aromatic carbocycles. The molecule has 1 unspecified atom stereocenters. The average Bonchev–Trinajstić information content (AvgIpc) is 2.04. The topological polar surface area (TPSA) is 41.8 Å². The molecule has 3 nitrogen and oxygen atoms in total. The van der Waals surface area contributed by atoms with Gasteiger partial charge in [0.1, 0.15) is 11.1 Å². The molecule has 0 N–H and O–H groups in total. The third kappa shape index (κ3) is 1.12. The second kappa shape index (κ2) is 2.68. The van der Waals surface area contributed by atoms with Crippen LogP contribution in [-0.2, 0) is 4.79 Å². The number of hydrogen-bond donors (Lipinski definition) is 0. The van der Waals surface area contributed by atoms with Gasteiger partial charge in [0.25, 0.3) is 5.91 Å². The van der Waals surface area contributed by atoms with Crippen molar-refractivity contribution in [3.63, 3.8) is 0 Å². The van der Waals surface area contributed by atoms with Gasteiger partial charge in [-0.05, 0) is 12.2 Å². The van der Waals surface area contributed by atoms with Crippen LogP contribution in [0.2, 0.25) is 0 Å². The molecule has 0 radical (unpaired) electrons.